The van der Waals surface area contributed by atoms with Crippen molar-refractivity contribution in [2.75, 3.05) is 0 Å². The van der Waals surface area contributed by atoms with E-state index in [1.165, 1.54) is 12.1 Å². The van der Waals surface area contributed by atoms with E-state index in [1.807, 2.05) is 6.92 Å². The standard InChI is InChI=1S/C17H19NO4S/c1-12-8-9-15(10-13(12)2)23(21,22)18-16(17(19)20)11-14-6-4-3-5-7-14/h3-10,16,18H,11H2,1-2H3,(H,19,20)/p-1/t16-/m1/s1. The molecule has 5 nitrogen and oxygen atoms in total. The molecule has 1 N–H and O–H groups in total. The number of hydrogen-bond donors (Lipinski definition) is 1. The maximum atomic E-state index is 12.4. The lowest BCUT2D eigenvalue weighted by Gasteiger charge is -2.20. The van der Waals surface area contributed by atoms with Gasteiger partial charge >= 0.3 is 0 Å². The Morgan fingerprint density at radius 1 is 1.09 bits per heavy atom. The number of carbonyl (C=O) groups is 1. The number of hydrogen-bond acceptors (Lipinski definition) is 4. The summed E-state index contributed by atoms with van der Waals surface area (Å²) in [7, 11) is -3.93. The molecule has 2 aromatic carbocycles. The van der Waals surface area contributed by atoms with Gasteiger partial charge < -0.3 is 9.90 Å². The van der Waals surface area contributed by atoms with Crippen molar-refractivity contribution in [3.05, 3.63) is 65.2 Å². The minimum atomic E-state index is -3.93. The predicted octanol–water partition coefficient (Wildman–Crippen LogP) is 0.943. The topological polar surface area (TPSA) is 86.3 Å². The van der Waals surface area contributed by atoms with Crippen LogP contribution in [-0.2, 0) is 21.2 Å². The fourth-order valence-electron chi connectivity index (χ4n) is 2.16. The second-order valence-corrected chi connectivity index (χ2v) is 7.14. The van der Waals surface area contributed by atoms with Gasteiger partial charge in [0.2, 0.25) is 10.0 Å². The highest BCUT2D eigenvalue weighted by atomic mass is 32.2. The van der Waals surface area contributed by atoms with Gasteiger partial charge in [0, 0.05) is 0 Å². The third kappa shape index (κ3) is 4.40. The Kier molecular flexibility index (Phi) is 5.18. The van der Waals surface area contributed by atoms with Crippen LogP contribution in [0.4, 0.5) is 0 Å². The lowest BCUT2D eigenvalue weighted by atomic mass is 10.1. The zero-order valence-corrected chi connectivity index (χ0v) is 13.8. The van der Waals surface area contributed by atoms with Crippen LogP contribution >= 0.6 is 0 Å². The van der Waals surface area contributed by atoms with Crippen LogP contribution in [0.25, 0.3) is 0 Å². The van der Waals surface area contributed by atoms with E-state index >= 15 is 0 Å². The molecule has 0 aliphatic carbocycles. The normalized spacial score (nSPS) is 12.8. The Hall–Kier alpha value is -2.18. The number of aryl methyl sites for hydroxylation is 2. The van der Waals surface area contributed by atoms with Gasteiger partial charge in [-0.3, -0.25) is 0 Å². The van der Waals surface area contributed by atoms with Gasteiger partial charge in [0.05, 0.1) is 16.9 Å². The van der Waals surface area contributed by atoms with Crippen molar-refractivity contribution in [1.29, 1.82) is 0 Å². The third-order valence-electron chi connectivity index (χ3n) is 3.65. The average Bonchev–Trinajstić information content (AvgIpc) is 2.50. The summed E-state index contributed by atoms with van der Waals surface area (Å²) in [4.78, 5) is 11.3. The first-order chi connectivity index (χ1) is 10.8. The van der Waals surface area contributed by atoms with Crippen molar-refractivity contribution in [3.63, 3.8) is 0 Å². The smallest absolute Gasteiger partial charge is 0.241 e. The molecule has 0 saturated carbocycles. The molecule has 0 fully saturated rings. The number of sulfonamides is 1. The summed E-state index contributed by atoms with van der Waals surface area (Å²) < 4.78 is 27.0. The first-order valence-electron chi connectivity index (χ1n) is 7.14. The van der Waals surface area contributed by atoms with Crippen LogP contribution in [0.2, 0.25) is 0 Å². The van der Waals surface area contributed by atoms with E-state index in [0.29, 0.717) is 5.56 Å². The number of carbonyl (C=O) groups excluding carboxylic acids is 1. The van der Waals surface area contributed by atoms with E-state index in [4.69, 9.17) is 0 Å². The largest absolute Gasteiger partial charge is 0.548 e. The van der Waals surface area contributed by atoms with Gasteiger partial charge in [-0.2, -0.15) is 0 Å². The summed E-state index contributed by atoms with van der Waals surface area (Å²) in [6.07, 6.45) is 0.0211. The van der Waals surface area contributed by atoms with Gasteiger partial charge in [0.15, 0.2) is 0 Å². The molecule has 1 atom stereocenters. The minimum absolute atomic E-state index is 0.0211. The summed E-state index contributed by atoms with van der Waals surface area (Å²) in [5.74, 6) is -1.46. The Labute approximate surface area is 136 Å². The average molecular weight is 332 g/mol. The van der Waals surface area contributed by atoms with Crippen molar-refractivity contribution < 1.29 is 18.3 Å². The first kappa shape index (κ1) is 17.2. The predicted molar refractivity (Wildman–Crippen MR) is 85.2 cm³/mol. The van der Waals surface area contributed by atoms with Crippen molar-refractivity contribution in [2.45, 2.75) is 31.2 Å². The molecule has 122 valence electrons. The molecule has 0 heterocycles. The van der Waals surface area contributed by atoms with Gasteiger partial charge in [-0.25, -0.2) is 13.1 Å². The molecule has 0 aliphatic heterocycles. The van der Waals surface area contributed by atoms with E-state index < -0.39 is 22.0 Å². The maximum absolute atomic E-state index is 12.4. The molecule has 0 amide bonds. The van der Waals surface area contributed by atoms with E-state index in [0.717, 1.165) is 11.1 Å². The summed E-state index contributed by atoms with van der Waals surface area (Å²) >= 11 is 0. The molecule has 0 unspecified atom stereocenters. The molecule has 0 radical (unpaired) electrons. The van der Waals surface area contributed by atoms with Gasteiger partial charge in [-0.1, -0.05) is 36.4 Å². The lowest BCUT2D eigenvalue weighted by Crippen LogP contribution is -2.49. The van der Waals surface area contributed by atoms with Crippen molar-refractivity contribution >= 4 is 16.0 Å². The second-order valence-electron chi connectivity index (χ2n) is 5.43. The molecular formula is C17H18NO4S-. The lowest BCUT2D eigenvalue weighted by molar-refractivity contribution is -0.307. The van der Waals surface area contributed by atoms with E-state index in [1.54, 1.807) is 43.3 Å². The molecule has 0 spiro atoms. The van der Waals surface area contributed by atoms with Crippen LogP contribution in [0.3, 0.4) is 0 Å². The molecular weight excluding hydrogens is 314 g/mol. The number of carboxylic acids is 1. The number of aliphatic carboxylic acids is 1. The van der Waals surface area contributed by atoms with Crippen molar-refractivity contribution in [2.24, 2.45) is 0 Å². The van der Waals surface area contributed by atoms with E-state index in [9.17, 15) is 18.3 Å². The molecule has 0 bridgehead atoms. The summed E-state index contributed by atoms with van der Waals surface area (Å²) in [6, 6.07) is 12.1. The summed E-state index contributed by atoms with van der Waals surface area (Å²) in [5.41, 5.74) is 2.50. The number of nitrogens with one attached hydrogen (secondary N) is 1. The van der Waals surface area contributed by atoms with Crippen LogP contribution in [-0.4, -0.2) is 20.4 Å². The molecule has 0 aromatic heterocycles. The van der Waals surface area contributed by atoms with Gasteiger partial charge in [0.25, 0.3) is 0 Å². The molecule has 0 aliphatic rings. The maximum Gasteiger partial charge on any atom is 0.241 e. The summed E-state index contributed by atoms with van der Waals surface area (Å²) in [6.45, 7) is 3.67. The zero-order chi connectivity index (χ0) is 17.0. The fourth-order valence-corrected chi connectivity index (χ4v) is 3.43. The van der Waals surface area contributed by atoms with Gasteiger partial charge in [-0.05, 0) is 49.1 Å². The highest BCUT2D eigenvalue weighted by Gasteiger charge is 2.21. The minimum Gasteiger partial charge on any atom is -0.548 e. The van der Waals surface area contributed by atoms with E-state index in [-0.39, 0.29) is 11.3 Å². The van der Waals surface area contributed by atoms with Crippen LogP contribution < -0.4 is 9.83 Å². The molecule has 6 heteroatoms. The Bertz CT molecular complexity index is 801. The first-order valence-corrected chi connectivity index (χ1v) is 8.62. The number of carboxylic acid groups (broad SMARTS) is 1. The molecule has 23 heavy (non-hydrogen) atoms. The second kappa shape index (κ2) is 6.93. The van der Waals surface area contributed by atoms with Crippen LogP contribution in [0.15, 0.2) is 53.4 Å². The Morgan fingerprint density at radius 3 is 2.30 bits per heavy atom. The monoisotopic (exact) mass is 332 g/mol. The van der Waals surface area contributed by atoms with Crippen LogP contribution in [0, 0.1) is 13.8 Å². The zero-order valence-electron chi connectivity index (χ0n) is 12.9. The highest BCUT2D eigenvalue weighted by molar-refractivity contribution is 7.89. The molecule has 2 rings (SSSR count). The summed E-state index contributed by atoms with van der Waals surface area (Å²) in [5, 5.41) is 11.3. The molecule has 2 aromatic rings. The van der Waals surface area contributed by atoms with Crippen molar-refractivity contribution in [1.82, 2.24) is 4.72 Å². The van der Waals surface area contributed by atoms with Crippen molar-refractivity contribution in [3.8, 4) is 0 Å². The van der Waals surface area contributed by atoms with Gasteiger partial charge in [0.1, 0.15) is 0 Å². The Balaban J connectivity index is 2.24. The SMILES string of the molecule is Cc1ccc(S(=O)(=O)N[C@H](Cc2ccccc2)C(=O)[O-])cc1C. The highest BCUT2D eigenvalue weighted by Crippen LogP contribution is 2.15. The Morgan fingerprint density at radius 2 is 1.74 bits per heavy atom. The number of benzene rings is 2. The van der Waals surface area contributed by atoms with Gasteiger partial charge in [-0.15, -0.1) is 0 Å². The third-order valence-corrected chi connectivity index (χ3v) is 5.12. The van der Waals surface area contributed by atoms with E-state index in [2.05, 4.69) is 4.72 Å². The van der Waals surface area contributed by atoms with Crippen LogP contribution in [0.1, 0.15) is 16.7 Å². The number of rotatable bonds is 6. The molecule has 0 saturated heterocycles. The van der Waals surface area contributed by atoms with Crippen LogP contribution in [0.5, 0.6) is 0 Å². The quantitative estimate of drug-likeness (QED) is 0.853. The fraction of sp³-hybridized carbons (Fsp3) is 0.235.